The van der Waals surface area contributed by atoms with Gasteiger partial charge in [0.1, 0.15) is 12.4 Å². The van der Waals surface area contributed by atoms with Gasteiger partial charge in [-0.3, -0.25) is 4.79 Å². The van der Waals surface area contributed by atoms with Crippen LogP contribution in [0.3, 0.4) is 0 Å². The van der Waals surface area contributed by atoms with Gasteiger partial charge in [-0.2, -0.15) is 0 Å². The van der Waals surface area contributed by atoms with Crippen molar-refractivity contribution in [2.45, 2.75) is 25.2 Å². The van der Waals surface area contributed by atoms with Crippen molar-refractivity contribution < 1.29 is 9.53 Å². The number of rotatable bonds is 6. The van der Waals surface area contributed by atoms with Crippen LogP contribution in [0.1, 0.15) is 35.4 Å². The average molecular weight is 454 g/mol. The molecule has 3 nitrogen and oxygen atoms in total. The topological polar surface area (TPSA) is 38.3 Å². The fourth-order valence-electron chi connectivity index (χ4n) is 4.14. The Bertz CT molecular complexity index is 1030. The molecule has 0 saturated heterocycles. The van der Waals surface area contributed by atoms with Gasteiger partial charge in [0.2, 0.25) is 5.91 Å². The van der Waals surface area contributed by atoms with Crippen LogP contribution in [0.5, 0.6) is 5.75 Å². The highest BCUT2D eigenvalue weighted by Crippen LogP contribution is 2.34. The number of fused-ring (bicyclic) bond motifs is 1. The molecular formula is C26H25Cl2NO2. The maximum Gasteiger partial charge on any atom is 0.226 e. The minimum Gasteiger partial charge on any atom is -0.492 e. The van der Waals surface area contributed by atoms with E-state index in [-0.39, 0.29) is 23.7 Å². The molecule has 1 N–H and O–H groups in total. The van der Waals surface area contributed by atoms with Crippen LogP contribution in [-0.4, -0.2) is 19.1 Å². The molecule has 0 radical (unpaired) electrons. The number of benzene rings is 3. The van der Waals surface area contributed by atoms with Gasteiger partial charge in [0, 0.05) is 22.5 Å². The van der Waals surface area contributed by atoms with E-state index < -0.39 is 0 Å². The molecule has 0 aliphatic carbocycles. The van der Waals surface area contributed by atoms with E-state index in [0.29, 0.717) is 29.6 Å². The minimum atomic E-state index is -0.188. The molecule has 0 saturated carbocycles. The third-order valence-corrected chi connectivity index (χ3v) is 6.55. The first kappa shape index (κ1) is 21.7. The maximum atomic E-state index is 13.0. The number of para-hydroxylation sites is 1. The van der Waals surface area contributed by atoms with Gasteiger partial charge in [-0.1, -0.05) is 72.6 Å². The van der Waals surface area contributed by atoms with Crippen molar-refractivity contribution in [3.63, 3.8) is 0 Å². The van der Waals surface area contributed by atoms with Gasteiger partial charge in [-0.05, 0) is 59.4 Å². The zero-order valence-electron chi connectivity index (χ0n) is 17.4. The van der Waals surface area contributed by atoms with Crippen LogP contribution in [0.2, 0.25) is 10.0 Å². The summed E-state index contributed by atoms with van der Waals surface area (Å²) in [5.41, 5.74) is 3.39. The van der Waals surface area contributed by atoms with Crippen LogP contribution >= 0.6 is 23.2 Å². The van der Waals surface area contributed by atoms with Crippen LogP contribution in [0.15, 0.2) is 72.8 Å². The molecule has 1 aliphatic heterocycles. The molecule has 3 aromatic rings. The van der Waals surface area contributed by atoms with Crippen LogP contribution < -0.4 is 10.1 Å². The van der Waals surface area contributed by atoms with Crippen LogP contribution in [0.25, 0.3) is 0 Å². The second-order valence-electron chi connectivity index (χ2n) is 8.06. The quantitative estimate of drug-likeness (QED) is 0.478. The van der Waals surface area contributed by atoms with Gasteiger partial charge >= 0.3 is 0 Å². The second kappa shape index (κ2) is 9.76. The van der Waals surface area contributed by atoms with E-state index in [1.54, 1.807) is 0 Å². The third kappa shape index (κ3) is 5.23. The normalized spacial score (nSPS) is 17.2. The van der Waals surface area contributed by atoms with E-state index in [4.69, 9.17) is 27.9 Å². The number of amides is 1. The van der Waals surface area contributed by atoms with Crippen molar-refractivity contribution in [1.29, 1.82) is 0 Å². The second-order valence-corrected chi connectivity index (χ2v) is 8.94. The fourth-order valence-corrected chi connectivity index (χ4v) is 4.40. The summed E-state index contributed by atoms with van der Waals surface area (Å²) in [5.74, 6) is 0.992. The lowest BCUT2D eigenvalue weighted by atomic mass is 9.82. The maximum absolute atomic E-state index is 13.0. The predicted octanol–water partition coefficient (Wildman–Crippen LogP) is 6.25. The first-order valence-corrected chi connectivity index (χ1v) is 11.3. The predicted molar refractivity (Wildman–Crippen MR) is 126 cm³/mol. The number of hydrogen-bond acceptors (Lipinski definition) is 2. The van der Waals surface area contributed by atoms with E-state index in [2.05, 4.69) is 12.2 Å². The van der Waals surface area contributed by atoms with Crippen molar-refractivity contribution in [2.75, 3.05) is 13.2 Å². The van der Waals surface area contributed by atoms with Crippen molar-refractivity contribution in [3.8, 4) is 5.75 Å². The van der Waals surface area contributed by atoms with E-state index in [9.17, 15) is 4.79 Å². The number of carbonyl (C=O) groups excluding carboxylic acids is 1. The number of halogens is 2. The Kier molecular flexibility index (Phi) is 6.84. The number of ether oxygens (including phenoxy) is 1. The molecule has 0 fully saturated rings. The molecule has 3 aromatic carbocycles. The average Bonchev–Trinajstić information content (AvgIpc) is 2.80. The lowest BCUT2D eigenvalue weighted by molar-refractivity contribution is -0.126. The summed E-state index contributed by atoms with van der Waals surface area (Å²) in [4.78, 5) is 13.0. The van der Waals surface area contributed by atoms with Crippen LogP contribution in [0, 0.1) is 5.92 Å². The molecule has 0 aromatic heterocycles. The first-order chi connectivity index (χ1) is 15.0. The van der Waals surface area contributed by atoms with E-state index in [0.717, 1.165) is 16.9 Å². The lowest BCUT2D eigenvalue weighted by Crippen LogP contribution is -2.39. The third-order valence-electron chi connectivity index (χ3n) is 6.04. The number of nitrogens with one attached hydrogen (secondary N) is 1. The van der Waals surface area contributed by atoms with Gasteiger partial charge in [0.25, 0.3) is 0 Å². The Labute approximate surface area is 193 Å². The number of carbonyl (C=O) groups is 1. The van der Waals surface area contributed by atoms with Gasteiger partial charge < -0.3 is 10.1 Å². The molecule has 5 heteroatoms. The lowest BCUT2D eigenvalue weighted by Gasteiger charge is -2.28. The van der Waals surface area contributed by atoms with Crippen LogP contribution in [0.4, 0.5) is 0 Å². The highest BCUT2D eigenvalue weighted by Gasteiger charge is 2.28. The zero-order valence-corrected chi connectivity index (χ0v) is 18.9. The molecule has 1 aliphatic rings. The molecule has 3 unspecified atom stereocenters. The molecule has 160 valence electrons. The first-order valence-electron chi connectivity index (χ1n) is 10.5. The van der Waals surface area contributed by atoms with Crippen molar-refractivity contribution in [2.24, 2.45) is 5.92 Å². The summed E-state index contributed by atoms with van der Waals surface area (Å²) in [6.07, 6.45) is 0.695. The van der Waals surface area contributed by atoms with E-state index >= 15 is 0 Å². The molecule has 3 atom stereocenters. The van der Waals surface area contributed by atoms with Gasteiger partial charge in [-0.15, -0.1) is 0 Å². The summed E-state index contributed by atoms with van der Waals surface area (Å²) in [6, 6.07) is 23.7. The molecule has 31 heavy (non-hydrogen) atoms. The minimum absolute atomic E-state index is 0.0248. The van der Waals surface area contributed by atoms with Gasteiger partial charge in [0.05, 0.1) is 5.92 Å². The monoisotopic (exact) mass is 453 g/mol. The molecule has 1 amide bonds. The number of hydrogen-bond donors (Lipinski definition) is 1. The van der Waals surface area contributed by atoms with Gasteiger partial charge in [-0.25, -0.2) is 0 Å². The molecule has 0 bridgehead atoms. The molecule has 0 spiro atoms. The Morgan fingerprint density at radius 3 is 2.26 bits per heavy atom. The highest BCUT2D eigenvalue weighted by atomic mass is 35.5. The summed E-state index contributed by atoms with van der Waals surface area (Å²) < 4.78 is 5.80. The summed E-state index contributed by atoms with van der Waals surface area (Å²) in [5, 5.41) is 4.59. The smallest absolute Gasteiger partial charge is 0.226 e. The van der Waals surface area contributed by atoms with Gasteiger partial charge in [0.15, 0.2) is 0 Å². The summed E-state index contributed by atoms with van der Waals surface area (Å²) in [7, 11) is 0. The van der Waals surface area contributed by atoms with E-state index in [1.165, 1.54) is 5.56 Å². The van der Waals surface area contributed by atoms with Crippen LogP contribution in [-0.2, 0) is 11.2 Å². The summed E-state index contributed by atoms with van der Waals surface area (Å²) in [6.45, 7) is 3.11. The largest absolute Gasteiger partial charge is 0.492 e. The summed E-state index contributed by atoms with van der Waals surface area (Å²) >= 11 is 12.2. The van der Waals surface area contributed by atoms with E-state index in [1.807, 2.05) is 72.8 Å². The SMILES string of the molecule is CC(c1ccc(Cl)cc1)C(CNC(=O)C1COc2ccccc2C1)c1ccc(Cl)cc1. The molecule has 1 heterocycles. The fraction of sp³-hybridized carbons (Fsp3) is 0.269. The van der Waals surface area contributed by atoms with Crippen molar-refractivity contribution >= 4 is 29.1 Å². The Hall–Kier alpha value is -2.49. The Morgan fingerprint density at radius 1 is 0.968 bits per heavy atom. The zero-order chi connectivity index (χ0) is 21.8. The Morgan fingerprint density at radius 2 is 1.58 bits per heavy atom. The molecular weight excluding hydrogens is 429 g/mol. The van der Waals surface area contributed by atoms with Crippen molar-refractivity contribution in [3.05, 3.63) is 99.5 Å². The standard InChI is InChI=1S/C26H25Cl2NO2/c1-17(18-6-10-22(27)11-7-18)24(19-8-12-23(28)13-9-19)15-29-26(30)21-14-20-4-2-3-5-25(20)31-16-21/h2-13,17,21,24H,14-16H2,1H3,(H,29,30). The molecule has 4 rings (SSSR count). The Balaban J connectivity index is 1.49. The van der Waals surface area contributed by atoms with Crippen molar-refractivity contribution in [1.82, 2.24) is 5.32 Å². The highest BCUT2D eigenvalue weighted by molar-refractivity contribution is 6.30.